The predicted octanol–water partition coefficient (Wildman–Crippen LogP) is 2.15. The highest BCUT2D eigenvalue weighted by molar-refractivity contribution is 6.31. The van der Waals surface area contributed by atoms with Crippen molar-refractivity contribution in [1.29, 1.82) is 0 Å². The van der Waals surface area contributed by atoms with E-state index in [-0.39, 0.29) is 17.7 Å². The van der Waals surface area contributed by atoms with Crippen LogP contribution < -0.4 is 0 Å². The number of rotatable bonds is 3. The molecule has 0 aliphatic carbocycles. The van der Waals surface area contributed by atoms with Gasteiger partial charge in [0.05, 0.1) is 6.42 Å². The molecular formula is C11H8ClNO4. The second-order valence-corrected chi connectivity index (χ2v) is 3.98. The average Bonchev–Trinajstić information content (AvgIpc) is 2.56. The normalized spacial score (nSPS) is 10.6. The van der Waals surface area contributed by atoms with E-state index in [0.717, 1.165) is 0 Å². The van der Waals surface area contributed by atoms with Crippen molar-refractivity contribution in [3.63, 3.8) is 0 Å². The van der Waals surface area contributed by atoms with Crippen LogP contribution in [0.1, 0.15) is 16.1 Å². The standard InChI is InChI=1S/C11H8ClNO4/c12-5-1-2-8-6(3-5)7(4-9(14)15)10(13-8)11(16)17/h1-3,13H,4H2,(H,14,15)(H,16,17). The Kier molecular flexibility index (Phi) is 2.77. The molecule has 17 heavy (non-hydrogen) atoms. The van der Waals surface area contributed by atoms with Gasteiger partial charge in [0, 0.05) is 21.5 Å². The first-order chi connectivity index (χ1) is 7.99. The van der Waals surface area contributed by atoms with Crippen molar-refractivity contribution in [3.8, 4) is 0 Å². The maximum Gasteiger partial charge on any atom is 0.352 e. The molecule has 0 aliphatic heterocycles. The number of benzene rings is 1. The number of carbonyl (C=O) groups is 2. The van der Waals surface area contributed by atoms with Crippen LogP contribution in [0.25, 0.3) is 10.9 Å². The fraction of sp³-hybridized carbons (Fsp3) is 0.0909. The third-order valence-corrected chi connectivity index (χ3v) is 2.65. The first kappa shape index (κ1) is 11.5. The Morgan fingerprint density at radius 2 is 2.00 bits per heavy atom. The lowest BCUT2D eigenvalue weighted by atomic mass is 10.1. The predicted molar refractivity (Wildman–Crippen MR) is 61.6 cm³/mol. The van der Waals surface area contributed by atoms with Crippen molar-refractivity contribution in [1.82, 2.24) is 4.98 Å². The van der Waals surface area contributed by atoms with Gasteiger partial charge in [-0.05, 0) is 18.2 Å². The first-order valence-electron chi connectivity index (χ1n) is 4.74. The van der Waals surface area contributed by atoms with Crippen molar-refractivity contribution in [2.24, 2.45) is 0 Å². The van der Waals surface area contributed by atoms with Gasteiger partial charge in [0.1, 0.15) is 5.69 Å². The summed E-state index contributed by atoms with van der Waals surface area (Å²) in [7, 11) is 0. The molecule has 0 atom stereocenters. The quantitative estimate of drug-likeness (QED) is 0.782. The van der Waals surface area contributed by atoms with Crippen LogP contribution in [-0.2, 0) is 11.2 Å². The van der Waals surface area contributed by atoms with Gasteiger partial charge < -0.3 is 15.2 Å². The molecule has 1 aromatic heterocycles. The Morgan fingerprint density at radius 3 is 2.59 bits per heavy atom. The number of aliphatic carboxylic acids is 1. The first-order valence-corrected chi connectivity index (χ1v) is 5.12. The topological polar surface area (TPSA) is 90.4 Å². The molecule has 2 aromatic rings. The van der Waals surface area contributed by atoms with E-state index >= 15 is 0 Å². The van der Waals surface area contributed by atoms with Crippen LogP contribution >= 0.6 is 11.6 Å². The van der Waals surface area contributed by atoms with Gasteiger partial charge in [-0.25, -0.2) is 4.79 Å². The van der Waals surface area contributed by atoms with E-state index < -0.39 is 11.9 Å². The Hall–Kier alpha value is -2.01. The smallest absolute Gasteiger partial charge is 0.352 e. The Bertz CT molecular complexity index is 617. The molecule has 0 unspecified atom stereocenters. The SMILES string of the molecule is O=C(O)Cc1c(C(=O)O)[nH]c2ccc(Cl)cc12. The lowest BCUT2D eigenvalue weighted by Crippen LogP contribution is -2.06. The maximum absolute atomic E-state index is 11.0. The number of nitrogens with one attached hydrogen (secondary N) is 1. The molecule has 5 nitrogen and oxygen atoms in total. The molecule has 3 N–H and O–H groups in total. The zero-order chi connectivity index (χ0) is 12.6. The molecule has 6 heteroatoms. The summed E-state index contributed by atoms with van der Waals surface area (Å²) in [5, 5.41) is 18.7. The number of aromatic nitrogens is 1. The van der Waals surface area contributed by atoms with Crippen LogP contribution in [0.4, 0.5) is 0 Å². The molecule has 0 fully saturated rings. The molecule has 0 saturated carbocycles. The second kappa shape index (κ2) is 4.10. The van der Waals surface area contributed by atoms with Crippen LogP contribution in [0.15, 0.2) is 18.2 Å². The van der Waals surface area contributed by atoms with E-state index in [1.807, 2.05) is 0 Å². The van der Waals surface area contributed by atoms with Crippen molar-refractivity contribution >= 4 is 34.4 Å². The van der Waals surface area contributed by atoms with Gasteiger partial charge in [-0.15, -0.1) is 0 Å². The molecular weight excluding hydrogens is 246 g/mol. The van der Waals surface area contributed by atoms with Crippen LogP contribution in [0.5, 0.6) is 0 Å². The van der Waals surface area contributed by atoms with Gasteiger partial charge in [-0.1, -0.05) is 11.6 Å². The van der Waals surface area contributed by atoms with Crippen LogP contribution in [0.3, 0.4) is 0 Å². The van der Waals surface area contributed by atoms with Crippen LogP contribution in [0.2, 0.25) is 5.02 Å². The molecule has 2 rings (SSSR count). The Balaban J connectivity index is 2.72. The number of carboxylic acid groups (broad SMARTS) is 2. The lowest BCUT2D eigenvalue weighted by molar-refractivity contribution is -0.136. The summed E-state index contributed by atoms with van der Waals surface area (Å²) >= 11 is 5.81. The van der Waals surface area contributed by atoms with Gasteiger partial charge >= 0.3 is 11.9 Å². The molecule has 0 amide bonds. The summed E-state index contributed by atoms with van der Waals surface area (Å²) in [5.41, 5.74) is 0.690. The molecule has 88 valence electrons. The fourth-order valence-corrected chi connectivity index (χ4v) is 1.91. The summed E-state index contributed by atoms with van der Waals surface area (Å²) in [6.45, 7) is 0. The van der Waals surface area contributed by atoms with E-state index in [4.69, 9.17) is 21.8 Å². The zero-order valence-corrected chi connectivity index (χ0v) is 9.28. The number of H-pyrrole nitrogens is 1. The maximum atomic E-state index is 11.0. The number of aromatic carboxylic acids is 1. The van der Waals surface area contributed by atoms with E-state index in [0.29, 0.717) is 15.9 Å². The summed E-state index contributed by atoms with van der Waals surface area (Å²) in [6, 6.07) is 4.78. The van der Waals surface area contributed by atoms with Crippen LogP contribution in [0, 0.1) is 0 Å². The molecule has 0 bridgehead atoms. The summed E-state index contributed by atoms with van der Waals surface area (Å²) < 4.78 is 0. The number of hydrogen-bond donors (Lipinski definition) is 3. The molecule has 0 saturated heterocycles. The van der Waals surface area contributed by atoms with Crippen molar-refractivity contribution in [2.45, 2.75) is 6.42 Å². The van der Waals surface area contributed by atoms with Gasteiger partial charge in [0.15, 0.2) is 0 Å². The van der Waals surface area contributed by atoms with Gasteiger partial charge in [-0.3, -0.25) is 4.79 Å². The van der Waals surface area contributed by atoms with Gasteiger partial charge in [-0.2, -0.15) is 0 Å². The van der Waals surface area contributed by atoms with Crippen LogP contribution in [-0.4, -0.2) is 27.1 Å². The monoisotopic (exact) mass is 253 g/mol. The van der Waals surface area contributed by atoms with Crippen molar-refractivity contribution in [2.75, 3.05) is 0 Å². The third-order valence-electron chi connectivity index (χ3n) is 2.41. The van der Waals surface area contributed by atoms with Crippen molar-refractivity contribution < 1.29 is 19.8 Å². The van der Waals surface area contributed by atoms with Gasteiger partial charge in [0.25, 0.3) is 0 Å². The minimum atomic E-state index is -1.19. The number of hydrogen-bond acceptors (Lipinski definition) is 2. The van der Waals surface area contributed by atoms with E-state index in [9.17, 15) is 9.59 Å². The molecule has 1 heterocycles. The number of halogens is 1. The fourth-order valence-electron chi connectivity index (χ4n) is 1.74. The summed E-state index contributed by atoms with van der Waals surface area (Å²) in [4.78, 5) is 24.4. The summed E-state index contributed by atoms with van der Waals surface area (Å²) in [5.74, 6) is -2.28. The number of carboxylic acids is 2. The highest BCUT2D eigenvalue weighted by Crippen LogP contribution is 2.26. The number of aromatic amines is 1. The molecule has 0 spiro atoms. The minimum Gasteiger partial charge on any atom is -0.481 e. The minimum absolute atomic E-state index is 0.107. The summed E-state index contributed by atoms with van der Waals surface area (Å²) in [6.07, 6.45) is -0.359. The zero-order valence-electron chi connectivity index (χ0n) is 8.53. The van der Waals surface area contributed by atoms with E-state index in [2.05, 4.69) is 4.98 Å². The molecule has 1 aromatic carbocycles. The van der Waals surface area contributed by atoms with Crippen molar-refractivity contribution in [3.05, 3.63) is 34.5 Å². The second-order valence-electron chi connectivity index (χ2n) is 3.54. The number of fused-ring (bicyclic) bond motifs is 1. The van der Waals surface area contributed by atoms with E-state index in [1.165, 1.54) is 0 Å². The third kappa shape index (κ3) is 2.09. The van der Waals surface area contributed by atoms with Gasteiger partial charge in [0.2, 0.25) is 0 Å². The Labute approximate surface area is 101 Å². The highest BCUT2D eigenvalue weighted by atomic mass is 35.5. The molecule has 0 aliphatic rings. The average molecular weight is 254 g/mol. The van der Waals surface area contributed by atoms with E-state index in [1.54, 1.807) is 18.2 Å². The highest BCUT2D eigenvalue weighted by Gasteiger charge is 2.19. The lowest BCUT2D eigenvalue weighted by Gasteiger charge is -1.97. The molecule has 0 radical (unpaired) electrons. The largest absolute Gasteiger partial charge is 0.481 e. The Morgan fingerprint density at radius 1 is 1.29 bits per heavy atom.